The maximum atomic E-state index is 6.23. The van der Waals surface area contributed by atoms with Gasteiger partial charge in [0.25, 0.3) is 0 Å². The Hall–Kier alpha value is -0.730. The van der Waals surface area contributed by atoms with Crippen molar-refractivity contribution in [2.75, 3.05) is 7.11 Å². The third-order valence-electron chi connectivity index (χ3n) is 3.03. The third kappa shape index (κ3) is 2.69. The minimum absolute atomic E-state index is 0.196. The van der Waals surface area contributed by atoms with Gasteiger partial charge in [0.05, 0.1) is 12.1 Å². The molecule has 0 radical (unpaired) electrons. The van der Waals surface area contributed by atoms with E-state index in [0.717, 1.165) is 24.2 Å². The molecule has 1 aromatic carbocycles. The predicted molar refractivity (Wildman–Crippen MR) is 69.4 cm³/mol. The fourth-order valence-corrected chi connectivity index (χ4v) is 2.08. The average Bonchev–Trinajstić information content (AvgIpc) is 2.28. The maximum Gasteiger partial charge on any atom is 0.138 e. The molecule has 1 atom stereocenters. The Kier molecular flexibility index (Phi) is 4.63. The normalized spacial score (nSPS) is 12.6. The Labute approximate surface area is 103 Å². The van der Waals surface area contributed by atoms with Crippen LogP contribution in [0.15, 0.2) is 6.07 Å². The van der Waals surface area contributed by atoms with Crippen LogP contribution in [0, 0.1) is 13.8 Å². The second-order valence-corrected chi connectivity index (χ2v) is 4.56. The number of ether oxygens (including phenoxy) is 1. The van der Waals surface area contributed by atoms with Gasteiger partial charge >= 0.3 is 0 Å². The summed E-state index contributed by atoms with van der Waals surface area (Å²) in [6.45, 7) is 6.19. The van der Waals surface area contributed by atoms with E-state index >= 15 is 0 Å². The average molecular weight is 242 g/mol. The van der Waals surface area contributed by atoms with Crippen LogP contribution in [0.1, 0.15) is 30.0 Å². The van der Waals surface area contributed by atoms with Crippen LogP contribution in [0.4, 0.5) is 0 Å². The molecular weight excluding hydrogens is 222 g/mol. The van der Waals surface area contributed by atoms with E-state index in [1.165, 1.54) is 11.1 Å². The number of methoxy groups -OCH3 is 1. The number of aryl methyl sites for hydroxylation is 1. The number of hydrogen-bond donors (Lipinski definition) is 1. The molecule has 1 unspecified atom stereocenters. The van der Waals surface area contributed by atoms with Crippen LogP contribution in [-0.2, 0) is 6.42 Å². The minimum Gasteiger partial charge on any atom is -0.495 e. The summed E-state index contributed by atoms with van der Waals surface area (Å²) >= 11 is 6.23. The highest BCUT2D eigenvalue weighted by molar-refractivity contribution is 6.33. The second-order valence-electron chi connectivity index (χ2n) is 4.19. The van der Waals surface area contributed by atoms with Crippen LogP contribution in [0.5, 0.6) is 5.75 Å². The molecule has 0 heterocycles. The van der Waals surface area contributed by atoms with Gasteiger partial charge in [0.1, 0.15) is 5.75 Å². The van der Waals surface area contributed by atoms with E-state index in [1.54, 1.807) is 7.11 Å². The van der Waals surface area contributed by atoms with Gasteiger partial charge in [-0.1, -0.05) is 18.5 Å². The van der Waals surface area contributed by atoms with Crippen molar-refractivity contribution in [3.63, 3.8) is 0 Å². The monoisotopic (exact) mass is 241 g/mol. The molecule has 16 heavy (non-hydrogen) atoms. The van der Waals surface area contributed by atoms with E-state index in [0.29, 0.717) is 5.02 Å². The van der Waals surface area contributed by atoms with Crippen molar-refractivity contribution in [1.29, 1.82) is 0 Å². The molecule has 0 saturated heterocycles. The van der Waals surface area contributed by atoms with Crippen molar-refractivity contribution in [2.24, 2.45) is 5.73 Å². The lowest BCUT2D eigenvalue weighted by atomic mass is 9.95. The standard InChI is InChI=1S/C13H20ClNO/c1-5-10(15)7-11-8(2)6-12(16-4)13(14)9(11)3/h6,10H,5,7,15H2,1-4H3. The van der Waals surface area contributed by atoms with E-state index in [9.17, 15) is 0 Å². The zero-order valence-electron chi connectivity index (χ0n) is 10.4. The fourth-order valence-electron chi connectivity index (χ4n) is 1.83. The Morgan fingerprint density at radius 2 is 2.06 bits per heavy atom. The molecule has 0 amide bonds. The highest BCUT2D eigenvalue weighted by atomic mass is 35.5. The molecule has 0 aliphatic heterocycles. The SMILES string of the molecule is CCC(N)Cc1c(C)cc(OC)c(Cl)c1C. The van der Waals surface area contributed by atoms with E-state index in [1.807, 2.05) is 13.0 Å². The summed E-state index contributed by atoms with van der Waals surface area (Å²) in [6.07, 6.45) is 1.85. The van der Waals surface area contributed by atoms with Gasteiger partial charge in [0.2, 0.25) is 0 Å². The Balaban J connectivity index is 3.15. The summed E-state index contributed by atoms with van der Waals surface area (Å²) in [5.74, 6) is 0.741. The van der Waals surface area contributed by atoms with Crippen molar-refractivity contribution in [3.05, 3.63) is 27.8 Å². The fraction of sp³-hybridized carbons (Fsp3) is 0.538. The van der Waals surface area contributed by atoms with Crippen molar-refractivity contribution < 1.29 is 4.74 Å². The molecule has 0 bridgehead atoms. The van der Waals surface area contributed by atoms with Crippen LogP contribution in [0.25, 0.3) is 0 Å². The van der Waals surface area contributed by atoms with Gasteiger partial charge in [0, 0.05) is 6.04 Å². The van der Waals surface area contributed by atoms with Gasteiger partial charge in [-0.25, -0.2) is 0 Å². The number of nitrogens with two attached hydrogens (primary N) is 1. The summed E-state index contributed by atoms with van der Waals surface area (Å²) in [7, 11) is 1.64. The molecule has 0 aliphatic carbocycles. The van der Waals surface area contributed by atoms with E-state index in [2.05, 4.69) is 13.8 Å². The van der Waals surface area contributed by atoms with Crippen molar-refractivity contribution >= 4 is 11.6 Å². The lowest BCUT2D eigenvalue weighted by Gasteiger charge is -2.17. The molecule has 1 aromatic rings. The Bertz CT molecular complexity index is 377. The first kappa shape index (κ1) is 13.3. The van der Waals surface area contributed by atoms with E-state index in [-0.39, 0.29) is 6.04 Å². The first-order valence-corrected chi connectivity index (χ1v) is 5.97. The topological polar surface area (TPSA) is 35.2 Å². The number of hydrogen-bond acceptors (Lipinski definition) is 2. The van der Waals surface area contributed by atoms with Gasteiger partial charge in [-0.2, -0.15) is 0 Å². The Morgan fingerprint density at radius 3 is 2.56 bits per heavy atom. The predicted octanol–water partition coefficient (Wildman–Crippen LogP) is 3.25. The second kappa shape index (κ2) is 5.55. The molecule has 0 aliphatic rings. The van der Waals surface area contributed by atoms with Gasteiger partial charge in [0.15, 0.2) is 0 Å². The highest BCUT2D eigenvalue weighted by Gasteiger charge is 2.13. The van der Waals surface area contributed by atoms with E-state index in [4.69, 9.17) is 22.1 Å². The number of rotatable bonds is 4. The lowest BCUT2D eigenvalue weighted by molar-refractivity contribution is 0.414. The molecule has 0 saturated carbocycles. The van der Waals surface area contributed by atoms with Crippen molar-refractivity contribution in [1.82, 2.24) is 0 Å². The molecule has 3 heteroatoms. The molecule has 0 aromatic heterocycles. The number of benzene rings is 1. The quantitative estimate of drug-likeness (QED) is 0.878. The molecule has 1 rings (SSSR count). The Morgan fingerprint density at radius 1 is 1.44 bits per heavy atom. The molecule has 0 fully saturated rings. The molecule has 2 N–H and O–H groups in total. The first-order valence-electron chi connectivity index (χ1n) is 5.59. The minimum atomic E-state index is 0.196. The van der Waals surface area contributed by atoms with Crippen LogP contribution >= 0.6 is 11.6 Å². The van der Waals surface area contributed by atoms with Gasteiger partial charge in [-0.15, -0.1) is 0 Å². The van der Waals surface area contributed by atoms with Crippen molar-refractivity contribution in [2.45, 2.75) is 39.7 Å². The number of halogens is 1. The van der Waals surface area contributed by atoms with Crippen LogP contribution in [0.2, 0.25) is 5.02 Å². The smallest absolute Gasteiger partial charge is 0.138 e. The van der Waals surface area contributed by atoms with Gasteiger partial charge < -0.3 is 10.5 Å². The summed E-state index contributed by atoms with van der Waals surface area (Å²) in [4.78, 5) is 0. The summed E-state index contributed by atoms with van der Waals surface area (Å²) in [5, 5.41) is 0.700. The largest absolute Gasteiger partial charge is 0.495 e. The van der Waals surface area contributed by atoms with Crippen LogP contribution < -0.4 is 10.5 Å². The summed E-state index contributed by atoms with van der Waals surface area (Å²) in [6, 6.07) is 2.18. The highest BCUT2D eigenvalue weighted by Crippen LogP contribution is 2.33. The van der Waals surface area contributed by atoms with Crippen LogP contribution in [0.3, 0.4) is 0 Å². The molecule has 2 nitrogen and oxygen atoms in total. The lowest BCUT2D eigenvalue weighted by Crippen LogP contribution is -2.22. The van der Waals surface area contributed by atoms with E-state index < -0.39 is 0 Å². The molecule has 90 valence electrons. The summed E-state index contributed by atoms with van der Waals surface area (Å²) in [5.41, 5.74) is 9.52. The maximum absolute atomic E-state index is 6.23. The van der Waals surface area contributed by atoms with Crippen LogP contribution in [-0.4, -0.2) is 13.2 Å². The third-order valence-corrected chi connectivity index (χ3v) is 3.50. The molecular formula is C13H20ClNO. The van der Waals surface area contributed by atoms with Gasteiger partial charge in [-0.3, -0.25) is 0 Å². The zero-order valence-corrected chi connectivity index (χ0v) is 11.2. The summed E-state index contributed by atoms with van der Waals surface area (Å²) < 4.78 is 5.23. The zero-order chi connectivity index (χ0) is 12.3. The molecule has 0 spiro atoms. The van der Waals surface area contributed by atoms with Crippen molar-refractivity contribution in [3.8, 4) is 5.75 Å². The first-order chi connectivity index (χ1) is 7.51. The van der Waals surface area contributed by atoms with Gasteiger partial charge in [-0.05, 0) is 49.4 Å².